The van der Waals surface area contributed by atoms with Crippen LogP contribution >= 0.6 is 0 Å². The van der Waals surface area contributed by atoms with E-state index in [1.807, 2.05) is 0 Å². The molecular formula is C14H10FN3O3. The second kappa shape index (κ2) is 6.38. The molecule has 2 rings (SSSR count). The number of nitro groups is 1. The van der Waals surface area contributed by atoms with Gasteiger partial charge < -0.3 is 0 Å². The number of carbonyl (C=O) groups is 1. The Morgan fingerprint density at radius 3 is 2.71 bits per heavy atom. The van der Waals surface area contributed by atoms with Crippen molar-refractivity contribution in [3.8, 4) is 0 Å². The first kappa shape index (κ1) is 14.3. The molecule has 0 saturated heterocycles. The first-order valence-electron chi connectivity index (χ1n) is 5.90. The Bertz CT molecular complexity index is 716. The maximum atomic E-state index is 13.3. The number of nitrogens with zero attached hydrogens (tertiary/aromatic N) is 2. The molecule has 0 saturated carbocycles. The largest absolute Gasteiger partial charge is 0.274 e. The van der Waals surface area contributed by atoms with E-state index in [-0.39, 0.29) is 11.3 Å². The summed E-state index contributed by atoms with van der Waals surface area (Å²) < 4.78 is 13.3. The van der Waals surface area contributed by atoms with Gasteiger partial charge in [0, 0.05) is 17.7 Å². The second-order valence-electron chi connectivity index (χ2n) is 4.03. The highest BCUT2D eigenvalue weighted by Gasteiger charge is 2.09. The molecule has 106 valence electrons. The standard InChI is InChI=1S/C14H10FN3O3/c15-13-7-2-1-6-12(13)14(19)17-16-9-10-4-3-5-11(8-10)18(20)21/h1-9H,(H,17,19). The average Bonchev–Trinajstić information content (AvgIpc) is 2.48. The van der Waals surface area contributed by atoms with Gasteiger partial charge in [0.15, 0.2) is 0 Å². The molecule has 2 aromatic carbocycles. The normalized spacial score (nSPS) is 10.5. The highest BCUT2D eigenvalue weighted by atomic mass is 19.1. The van der Waals surface area contributed by atoms with Crippen LogP contribution in [0, 0.1) is 15.9 Å². The van der Waals surface area contributed by atoms with E-state index in [4.69, 9.17) is 0 Å². The van der Waals surface area contributed by atoms with Crippen molar-refractivity contribution < 1.29 is 14.1 Å². The quantitative estimate of drug-likeness (QED) is 0.532. The molecule has 1 amide bonds. The van der Waals surface area contributed by atoms with Crippen LogP contribution in [0.3, 0.4) is 0 Å². The molecule has 7 heteroatoms. The summed E-state index contributed by atoms with van der Waals surface area (Å²) in [4.78, 5) is 21.7. The van der Waals surface area contributed by atoms with E-state index < -0.39 is 16.6 Å². The van der Waals surface area contributed by atoms with Gasteiger partial charge in [0.25, 0.3) is 11.6 Å². The molecule has 1 N–H and O–H groups in total. The molecular weight excluding hydrogens is 277 g/mol. The molecule has 0 bridgehead atoms. The number of non-ortho nitro benzene ring substituents is 1. The topological polar surface area (TPSA) is 84.6 Å². The highest BCUT2D eigenvalue weighted by Crippen LogP contribution is 2.11. The fourth-order valence-electron chi connectivity index (χ4n) is 1.59. The zero-order valence-corrected chi connectivity index (χ0v) is 10.7. The minimum Gasteiger partial charge on any atom is -0.267 e. The number of benzene rings is 2. The van der Waals surface area contributed by atoms with Crippen LogP contribution in [0.2, 0.25) is 0 Å². The lowest BCUT2D eigenvalue weighted by Crippen LogP contribution is -2.18. The van der Waals surface area contributed by atoms with Crippen molar-refractivity contribution in [2.75, 3.05) is 0 Å². The smallest absolute Gasteiger partial charge is 0.267 e. The van der Waals surface area contributed by atoms with Crippen LogP contribution in [-0.4, -0.2) is 17.0 Å². The fraction of sp³-hybridized carbons (Fsp3) is 0. The third-order valence-electron chi connectivity index (χ3n) is 2.58. The van der Waals surface area contributed by atoms with Gasteiger partial charge in [-0.2, -0.15) is 5.10 Å². The van der Waals surface area contributed by atoms with Crippen molar-refractivity contribution in [3.63, 3.8) is 0 Å². The Balaban J connectivity index is 2.06. The number of hydrogen-bond acceptors (Lipinski definition) is 4. The molecule has 0 heterocycles. The summed E-state index contributed by atoms with van der Waals surface area (Å²) in [6.45, 7) is 0. The monoisotopic (exact) mass is 287 g/mol. The van der Waals surface area contributed by atoms with Crippen molar-refractivity contribution >= 4 is 17.8 Å². The molecule has 0 spiro atoms. The molecule has 21 heavy (non-hydrogen) atoms. The summed E-state index contributed by atoms with van der Waals surface area (Å²) >= 11 is 0. The number of nitrogens with one attached hydrogen (secondary N) is 1. The van der Waals surface area contributed by atoms with Crippen LogP contribution < -0.4 is 5.43 Å². The van der Waals surface area contributed by atoms with Crippen LogP contribution in [-0.2, 0) is 0 Å². The molecule has 0 aromatic heterocycles. The van der Waals surface area contributed by atoms with Gasteiger partial charge in [-0.1, -0.05) is 24.3 Å². The van der Waals surface area contributed by atoms with E-state index in [1.165, 1.54) is 48.7 Å². The second-order valence-corrected chi connectivity index (χ2v) is 4.03. The SMILES string of the molecule is O=C(NN=Cc1cccc([N+](=O)[O-])c1)c1ccccc1F. The minimum absolute atomic E-state index is 0.0839. The summed E-state index contributed by atoms with van der Waals surface area (Å²) in [6, 6.07) is 11.2. The molecule has 0 aliphatic rings. The Kier molecular flexibility index (Phi) is 4.35. The predicted molar refractivity (Wildman–Crippen MR) is 74.6 cm³/mol. The van der Waals surface area contributed by atoms with Gasteiger partial charge in [0.05, 0.1) is 16.7 Å². The van der Waals surface area contributed by atoms with Crippen molar-refractivity contribution in [2.45, 2.75) is 0 Å². The van der Waals surface area contributed by atoms with Crippen molar-refractivity contribution in [3.05, 3.63) is 75.6 Å². The minimum atomic E-state index is -0.699. The highest BCUT2D eigenvalue weighted by molar-refractivity contribution is 5.95. The Hall–Kier alpha value is -3.09. The summed E-state index contributed by atoms with van der Waals surface area (Å²) in [5.41, 5.74) is 2.39. The molecule has 0 unspecified atom stereocenters. The first-order chi connectivity index (χ1) is 10.1. The van der Waals surface area contributed by atoms with Gasteiger partial charge in [-0.25, -0.2) is 9.82 Å². The Labute approximate surface area is 119 Å². The fourth-order valence-corrected chi connectivity index (χ4v) is 1.59. The van der Waals surface area contributed by atoms with Crippen molar-refractivity contribution in [2.24, 2.45) is 5.10 Å². The lowest BCUT2D eigenvalue weighted by atomic mass is 10.2. The van der Waals surface area contributed by atoms with Crippen LogP contribution in [0.4, 0.5) is 10.1 Å². The Morgan fingerprint density at radius 1 is 1.24 bits per heavy atom. The number of rotatable bonds is 4. The lowest BCUT2D eigenvalue weighted by Gasteiger charge is -2.00. The Morgan fingerprint density at radius 2 is 2.00 bits per heavy atom. The lowest BCUT2D eigenvalue weighted by molar-refractivity contribution is -0.384. The first-order valence-corrected chi connectivity index (χ1v) is 5.90. The van der Waals surface area contributed by atoms with Gasteiger partial charge in [-0.05, 0) is 12.1 Å². The van der Waals surface area contributed by atoms with Crippen LogP contribution in [0.15, 0.2) is 53.6 Å². The van der Waals surface area contributed by atoms with Gasteiger partial charge in [0.2, 0.25) is 0 Å². The van der Waals surface area contributed by atoms with E-state index >= 15 is 0 Å². The third-order valence-corrected chi connectivity index (χ3v) is 2.58. The number of amides is 1. The van der Waals surface area contributed by atoms with Crippen LogP contribution in [0.1, 0.15) is 15.9 Å². The number of hydrogen-bond donors (Lipinski definition) is 1. The van der Waals surface area contributed by atoms with Crippen LogP contribution in [0.5, 0.6) is 0 Å². The summed E-state index contributed by atoms with van der Waals surface area (Å²) in [7, 11) is 0. The number of halogens is 1. The van der Waals surface area contributed by atoms with Crippen molar-refractivity contribution in [1.82, 2.24) is 5.43 Å². The van der Waals surface area contributed by atoms with Gasteiger partial charge in [0.1, 0.15) is 5.82 Å². The molecule has 2 aromatic rings. The van der Waals surface area contributed by atoms with E-state index in [1.54, 1.807) is 6.07 Å². The molecule has 0 radical (unpaired) electrons. The molecule has 6 nitrogen and oxygen atoms in total. The summed E-state index contributed by atoms with van der Waals surface area (Å²) in [5, 5.41) is 14.3. The van der Waals surface area contributed by atoms with E-state index in [9.17, 15) is 19.3 Å². The zero-order valence-electron chi connectivity index (χ0n) is 10.7. The number of hydrazone groups is 1. The third kappa shape index (κ3) is 3.69. The van der Waals surface area contributed by atoms with Gasteiger partial charge in [-0.15, -0.1) is 0 Å². The maximum absolute atomic E-state index is 13.3. The maximum Gasteiger partial charge on any atom is 0.274 e. The van der Waals surface area contributed by atoms with Crippen LogP contribution in [0.25, 0.3) is 0 Å². The average molecular weight is 287 g/mol. The number of nitro benzene ring substituents is 1. The van der Waals surface area contributed by atoms with E-state index in [2.05, 4.69) is 10.5 Å². The molecule has 0 aliphatic heterocycles. The molecule has 0 fully saturated rings. The number of carbonyl (C=O) groups excluding carboxylic acids is 1. The van der Waals surface area contributed by atoms with Gasteiger partial charge in [-0.3, -0.25) is 14.9 Å². The molecule has 0 aliphatic carbocycles. The predicted octanol–water partition coefficient (Wildman–Crippen LogP) is 2.50. The van der Waals surface area contributed by atoms with Gasteiger partial charge >= 0.3 is 0 Å². The summed E-state index contributed by atoms with van der Waals surface area (Å²) in [5.74, 6) is -1.35. The molecule has 0 atom stereocenters. The van der Waals surface area contributed by atoms with E-state index in [0.717, 1.165) is 0 Å². The van der Waals surface area contributed by atoms with E-state index in [0.29, 0.717) is 5.56 Å². The summed E-state index contributed by atoms with van der Waals surface area (Å²) in [6.07, 6.45) is 1.24. The zero-order chi connectivity index (χ0) is 15.2. The van der Waals surface area contributed by atoms with Crippen molar-refractivity contribution in [1.29, 1.82) is 0 Å².